The van der Waals surface area contributed by atoms with Crippen LogP contribution in [0.3, 0.4) is 0 Å². The minimum Gasteiger partial charge on any atom is -0.480 e. The van der Waals surface area contributed by atoms with Crippen LogP contribution in [0.2, 0.25) is 0 Å². The molecule has 1 amide bonds. The van der Waals surface area contributed by atoms with E-state index in [0.29, 0.717) is 16.4 Å². The monoisotopic (exact) mass is 337 g/mol. The number of carbonyl (C=O) groups excluding carboxylic acids is 1. The number of benzene rings is 1. The molecule has 8 heteroatoms. The lowest BCUT2D eigenvalue weighted by Crippen LogP contribution is -2.41. The topological polar surface area (TPSA) is 76.1 Å². The van der Waals surface area contributed by atoms with E-state index in [4.69, 9.17) is 26.8 Å². The van der Waals surface area contributed by atoms with Crippen LogP contribution in [0.15, 0.2) is 23.1 Å². The van der Waals surface area contributed by atoms with Gasteiger partial charge in [0.2, 0.25) is 6.79 Å². The van der Waals surface area contributed by atoms with Gasteiger partial charge < -0.3 is 14.6 Å². The summed E-state index contributed by atoms with van der Waals surface area (Å²) < 4.78 is 10.8. The predicted molar refractivity (Wildman–Crippen MR) is 84.7 cm³/mol. The van der Waals surface area contributed by atoms with Crippen LogP contribution in [0, 0.1) is 0 Å². The molecule has 0 radical (unpaired) electrons. The largest absolute Gasteiger partial charge is 0.480 e. The van der Waals surface area contributed by atoms with E-state index in [-0.39, 0.29) is 11.1 Å². The molecule has 0 bridgehead atoms. The SMILES string of the molecule is C[C@H](C(=O)O)N1C(=O)/C(=C/c2ccc3c(c2)OCO3)SC1=S. The number of ether oxygens (including phenoxy) is 2. The fourth-order valence-electron chi connectivity index (χ4n) is 2.08. The van der Waals surface area contributed by atoms with Gasteiger partial charge in [0.05, 0.1) is 4.91 Å². The molecular formula is C14H11NO5S2. The summed E-state index contributed by atoms with van der Waals surface area (Å²) in [6.07, 6.45) is 1.66. The smallest absolute Gasteiger partial charge is 0.326 e. The first kappa shape index (κ1) is 14.9. The molecule has 114 valence electrons. The number of carboxylic acid groups (broad SMARTS) is 1. The lowest BCUT2D eigenvalue weighted by molar-refractivity contribution is -0.144. The molecule has 0 spiro atoms. The van der Waals surface area contributed by atoms with Crippen molar-refractivity contribution in [2.24, 2.45) is 0 Å². The molecule has 1 saturated heterocycles. The molecule has 1 N–H and O–H groups in total. The average molecular weight is 337 g/mol. The number of fused-ring (bicyclic) bond motifs is 1. The van der Waals surface area contributed by atoms with E-state index in [2.05, 4.69) is 0 Å². The third-order valence-electron chi connectivity index (χ3n) is 3.26. The van der Waals surface area contributed by atoms with Gasteiger partial charge in [0, 0.05) is 0 Å². The Morgan fingerprint density at radius 1 is 1.45 bits per heavy atom. The molecule has 0 unspecified atom stereocenters. The van der Waals surface area contributed by atoms with Crippen LogP contribution in [0.5, 0.6) is 11.5 Å². The summed E-state index contributed by atoms with van der Waals surface area (Å²) in [7, 11) is 0. The van der Waals surface area contributed by atoms with Gasteiger partial charge in [-0.25, -0.2) is 4.79 Å². The standard InChI is InChI=1S/C14H11NO5S2/c1-7(13(17)18)15-12(16)11(22-14(15)21)5-8-2-3-9-10(4-8)20-6-19-9/h2-5,7H,6H2,1H3,(H,17,18)/b11-5-/t7-/m1/s1. The second-order valence-corrected chi connectivity index (χ2v) is 6.35. The molecule has 0 aromatic heterocycles. The van der Waals surface area contributed by atoms with Gasteiger partial charge >= 0.3 is 5.97 Å². The second-order valence-electron chi connectivity index (χ2n) is 4.68. The van der Waals surface area contributed by atoms with Crippen molar-refractivity contribution >= 4 is 46.3 Å². The number of carbonyl (C=O) groups is 2. The van der Waals surface area contributed by atoms with Crippen molar-refractivity contribution in [1.82, 2.24) is 4.90 Å². The highest BCUT2D eigenvalue weighted by molar-refractivity contribution is 8.26. The molecule has 0 aliphatic carbocycles. The maximum absolute atomic E-state index is 12.3. The summed E-state index contributed by atoms with van der Waals surface area (Å²) >= 11 is 6.19. The van der Waals surface area contributed by atoms with Crippen molar-refractivity contribution in [3.05, 3.63) is 28.7 Å². The number of thiocarbonyl (C=S) groups is 1. The normalized spacial score (nSPS) is 19.9. The van der Waals surface area contributed by atoms with E-state index in [1.165, 1.54) is 6.92 Å². The van der Waals surface area contributed by atoms with Gasteiger partial charge in [0.25, 0.3) is 5.91 Å². The van der Waals surface area contributed by atoms with E-state index in [0.717, 1.165) is 22.2 Å². The minimum absolute atomic E-state index is 0.178. The molecule has 1 atom stereocenters. The van der Waals surface area contributed by atoms with Crippen molar-refractivity contribution in [3.63, 3.8) is 0 Å². The Hall–Kier alpha value is -2.06. The highest BCUT2D eigenvalue weighted by Gasteiger charge is 2.38. The highest BCUT2D eigenvalue weighted by atomic mass is 32.2. The van der Waals surface area contributed by atoms with Gasteiger partial charge in [-0.15, -0.1) is 0 Å². The number of amides is 1. The van der Waals surface area contributed by atoms with E-state index in [1.54, 1.807) is 24.3 Å². The second kappa shape index (κ2) is 5.62. The lowest BCUT2D eigenvalue weighted by atomic mass is 10.2. The number of hydrogen-bond donors (Lipinski definition) is 1. The van der Waals surface area contributed by atoms with Gasteiger partial charge in [0.15, 0.2) is 11.5 Å². The summed E-state index contributed by atoms with van der Waals surface area (Å²) in [5, 5.41) is 9.05. The molecule has 1 aromatic rings. The van der Waals surface area contributed by atoms with Crippen LogP contribution < -0.4 is 9.47 Å². The number of rotatable bonds is 3. The quantitative estimate of drug-likeness (QED) is 0.668. The van der Waals surface area contributed by atoms with E-state index < -0.39 is 17.9 Å². The molecule has 3 rings (SSSR count). The van der Waals surface area contributed by atoms with Crippen LogP contribution in [-0.2, 0) is 9.59 Å². The molecule has 0 saturated carbocycles. The Kier molecular flexibility index (Phi) is 3.79. The third kappa shape index (κ3) is 2.55. The van der Waals surface area contributed by atoms with Crippen LogP contribution in [0.1, 0.15) is 12.5 Å². The minimum atomic E-state index is -1.10. The number of thioether (sulfide) groups is 1. The zero-order valence-electron chi connectivity index (χ0n) is 11.4. The van der Waals surface area contributed by atoms with Crippen molar-refractivity contribution < 1.29 is 24.2 Å². The molecule has 1 fully saturated rings. The highest BCUT2D eigenvalue weighted by Crippen LogP contribution is 2.37. The molecular weight excluding hydrogens is 326 g/mol. The first-order valence-electron chi connectivity index (χ1n) is 6.37. The molecule has 22 heavy (non-hydrogen) atoms. The summed E-state index contributed by atoms with van der Waals surface area (Å²) in [6.45, 7) is 1.60. The van der Waals surface area contributed by atoms with Gasteiger partial charge in [-0.05, 0) is 30.7 Å². The summed E-state index contributed by atoms with van der Waals surface area (Å²) in [6, 6.07) is 4.32. The zero-order valence-corrected chi connectivity index (χ0v) is 13.1. The van der Waals surface area contributed by atoms with Crippen molar-refractivity contribution in [1.29, 1.82) is 0 Å². The maximum Gasteiger partial charge on any atom is 0.326 e. The molecule has 2 aliphatic rings. The maximum atomic E-state index is 12.3. The third-order valence-corrected chi connectivity index (χ3v) is 4.59. The Bertz CT molecular complexity index is 715. The van der Waals surface area contributed by atoms with E-state index in [9.17, 15) is 9.59 Å². The summed E-state index contributed by atoms with van der Waals surface area (Å²) in [5.74, 6) is -0.226. The van der Waals surface area contributed by atoms with Gasteiger partial charge in [-0.2, -0.15) is 0 Å². The molecule has 2 heterocycles. The fraction of sp³-hybridized carbons (Fsp3) is 0.214. The first-order valence-corrected chi connectivity index (χ1v) is 7.59. The van der Waals surface area contributed by atoms with Crippen molar-refractivity contribution in [2.45, 2.75) is 13.0 Å². The Morgan fingerprint density at radius 3 is 2.91 bits per heavy atom. The average Bonchev–Trinajstić information content (AvgIpc) is 3.03. The Morgan fingerprint density at radius 2 is 2.18 bits per heavy atom. The fourth-order valence-corrected chi connectivity index (χ4v) is 3.50. The Labute approximate surface area is 135 Å². The van der Waals surface area contributed by atoms with Crippen LogP contribution in [0.25, 0.3) is 6.08 Å². The lowest BCUT2D eigenvalue weighted by Gasteiger charge is -2.18. The number of aliphatic carboxylic acids is 1. The zero-order chi connectivity index (χ0) is 15.9. The predicted octanol–water partition coefficient (Wildman–Crippen LogP) is 2.09. The molecule has 6 nitrogen and oxygen atoms in total. The summed E-state index contributed by atoms with van der Waals surface area (Å²) in [5.41, 5.74) is 0.757. The van der Waals surface area contributed by atoms with E-state index >= 15 is 0 Å². The van der Waals surface area contributed by atoms with Crippen molar-refractivity contribution in [2.75, 3.05) is 6.79 Å². The van der Waals surface area contributed by atoms with Gasteiger partial charge in [0.1, 0.15) is 10.4 Å². The van der Waals surface area contributed by atoms with Gasteiger partial charge in [-0.1, -0.05) is 30.0 Å². The number of nitrogens with zero attached hydrogens (tertiary/aromatic N) is 1. The van der Waals surface area contributed by atoms with Gasteiger partial charge in [-0.3, -0.25) is 9.69 Å². The van der Waals surface area contributed by atoms with Crippen LogP contribution >= 0.6 is 24.0 Å². The number of hydrogen-bond acceptors (Lipinski definition) is 6. The molecule has 2 aliphatic heterocycles. The van der Waals surface area contributed by atoms with Crippen molar-refractivity contribution in [3.8, 4) is 11.5 Å². The van der Waals surface area contributed by atoms with Crippen LogP contribution in [0.4, 0.5) is 0 Å². The Balaban J connectivity index is 1.88. The van der Waals surface area contributed by atoms with Crippen LogP contribution in [-0.4, -0.2) is 39.0 Å². The first-order chi connectivity index (χ1) is 10.5. The number of carboxylic acids is 1. The summed E-state index contributed by atoms with van der Waals surface area (Å²) in [4.78, 5) is 24.9. The van der Waals surface area contributed by atoms with E-state index in [1.807, 2.05) is 0 Å². The molecule has 1 aromatic carbocycles.